The number of ether oxygens (including phenoxy) is 1. The molecule has 3 rings (SSSR count). The van der Waals surface area contributed by atoms with Crippen molar-refractivity contribution in [3.05, 3.63) is 30.6 Å². The molecule has 0 radical (unpaired) electrons. The number of aromatic nitrogens is 2. The first kappa shape index (κ1) is 12.4. The highest BCUT2D eigenvalue weighted by Gasteiger charge is 2.12. The van der Waals surface area contributed by atoms with E-state index in [4.69, 9.17) is 4.74 Å². The summed E-state index contributed by atoms with van der Waals surface area (Å²) in [4.78, 5) is 8.47. The lowest BCUT2D eigenvalue weighted by molar-refractivity contribution is 0.263. The molecule has 1 saturated heterocycles. The second-order valence-corrected chi connectivity index (χ2v) is 4.98. The molecule has 0 bridgehead atoms. The summed E-state index contributed by atoms with van der Waals surface area (Å²) in [5.41, 5.74) is 0.934. The highest BCUT2D eigenvalue weighted by molar-refractivity contribution is 5.82. The largest absolute Gasteiger partial charge is 0.477 e. The van der Waals surface area contributed by atoms with Crippen LogP contribution < -0.4 is 10.1 Å². The van der Waals surface area contributed by atoms with Gasteiger partial charge < -0.3 is 10.1 Å². The van der Waals surface area contributed by atoms with Crippen molar-refractivity contribution < 1.29 is 4.74 Å². The second-order valence-electron chi connectivity index (χ2n) is 4.98. The average molecular weight is 257 g/mol. The summed E-state index contributed by atoms with van der Waals surface area (Å²) < 4.78 is 5.83. The SMILES string of the molecule is c1ccc2c(OCCC3CCCCN3)ncnc2c1. The number of hydrogen-bond acceptors (Lipinski definition) is 4. The van der Waals surface area contributed by atoms with Crippen molar-refractivity contribution in [3.63, 3.8) is 0 Å². The van der Waals surface area contributed by atoms with Gasteiger partial charge in [0.25, 0.3) is 0 Å². The zero-order valence-electron chi connectivity index (χ0n) is 11.0. The number of hydrogen-bond donors (Lipinski definition) is 1. The first-order chi connectivity index (χ1) is 9.43. The molecule has 1 atom stereocenters. The fourth-order valence-corrected chi connectivity index (χ4v) is 2.56. The van der Waals surface area contributed by atoms with Crippen LogP contribution >= 0.6 is 0 Å². The summed E-state index contributed by atoms with van der Waals surface area (Å²) >= 11 is 0. The summed E-state index contributed by atoms with van der Waals surface area (Å²) in [5, 5.41) is 4.52. The van der Waals surface area contributed by atoms with Gasteiger partial charge in [0, 0.05) is 6.04 Å². The van der Waals surface area contributed by atoms with Gasteiger partial charge in [-0.3, -0.25) is 0 Å². The molecule has 2 aromatic rings. The van der Waals surface area contributed by atoms with Crippen LogP contribution in [-0.2, 0) is 0 Å². The number of nitrogens with one attached hydrogen (secondary N) is 1. The molecule has 0 aliphatic carbocycles. The van der Waals surface area contributed by atoms with E-state index in [0.717, 1.165) is 23.9 Å². The molecule has 0 spiro atoms. The van der Waals surface area contributed by atoms with Crippen LogP contribution in [0.5, 0.6) is 5.88 Å². The third-order valence-electron chi connectivity index (χ3n) is 3.62. The van der Waals surface area contributed by atoms with E-state index in [1.165, 1.54) is 19.3 Å². The highest BCUT2D eigenvalue weighted by Crippen LogP contribution is 2.21. The second kappa shape index (κ2) is 5.97. The van der Waals surface area contributed by atoms with Crippen LogP contribution in [0.25, 0.3) is 10.9 Å². The van der Waals surface area contributed by atoms with Gasteiger partial charge in [-0.05, 0) is 37.9 Å². The van der Waals surface area contributed by atoms with E-state index < -0.39 is 0 Å². The Kier molecular flexibility index (Phi) is 3.89. The van der Waals surface area contributed by atoms with E-state index in [1.54, 1.807) is 6.33 Å². The number of fused-ring (bicyclic) bond motifs is 1. The minimum Gasteiger partial charge on any atom is -0.477 e. The Hall–Kier alpha value is -1.68. The Morgan fingerprint density at radius 3 is 3.05 bits per heavy atom. The lowest BCUT2D eigenvalue weighted by Gasteiger charge is -2.23. The van der Waals surface area contributed by atoms with Crippen LogP contribution in [0.4, 0.5) is 0 Å². The average Bonchev–Trinajstić information content (AvgIpc) is 2.49. The number of benzene rings is 1. The molecule has 0 amide bonds. The predicted molar refractivity (Wildman–Crippen MR) is 75.3 cm³/mol. The molecule has 1 fully saturated rings. The van der Waals surface area contributed by atoms with Crippen molar-refractivity contribution >= 4 is 10.9 Å². The van der Waals surface area contributed by atoms with E-state index in [1.807, 2.05) is 24.3 Å². The zero-order chi connectivity index (χ0) is 12.9. The molecular formula is C15H19N3O. The van der Waals surface area contributed by atoms with Crippen molar-refractivity contribution in [3.8, 4) is 5.88 Å². The molecule has 1 aliphatic rings. The van der Waals surface area contributed by atoms with E-state index in [0.29, 0.717) is 18.5 Å². The van der Waals surface area contributed by atoms with E-state index in [2.05, 4.69) is 15.3 Å². The van der Waals surface area contributed by atoms with Crippen LogP contribution in [0.3, 0.4) is 0 Å². The van der Waals surface area contributed by atoms with Gasteiger partial charge in [-0.25, -0.2) is 9.97 Å². The molecule has 19 heavy (non-hydrogen) atoms. The van der Waals surface area contributed by atoms with E-state index in [9.17, 15) is 0 Å². The monoisotopic (exact) mass is 257 g/mol. The first-order valence-corrected chi connectivity index (χ1v) is 6.99. The lowest BCUT2D eigenvalue weighted by Crippen LogP contribution is -2.35. The normalized spacial score (nSPS) is 19.5. The number of para-hydroxylation sites is 1. The molecule has 1 aromatic heterocycles. The minimum atomic E-state index is 0.599. The maximum Gasteiger partial charge on any atom is 0.224 e. The Morgan fingerprint density at radius 2 is 2.16 bits per heavy atom. The van der Waals surface area contributed by atoms with Gasteiger partial charge >= 0.3 is 0 Å². The van der Waals surface area contributed by atoms with Crippen molar-refractivity contribution in [2.24, 2.45) is 0 Å². The van der Waals surface area contributed by atoms with Crippen LogP contribution in [0.1, 0.15) is 25.7 Å². The fourth-order valence-electron chi connectivity index (χ4n) is 2.56. The molecule has 0 saturated carbocycles. The van der Waals surface area contributed by atoms with Crippen LogP contribution in [0, 0.1) is 0 Å². The van der Waals surface area contributed by atoms with Gasteiger partial charge in [0.15, 0.2) is 0 Å². The van der Waals surface area contributed by atoms with Gasteiger partial charge in [-0.15, -0.1) is 0 Å². The minimum absolute atomic E-state index is 0.599. The quantitative estimate of drug-likeness (QED) is 0.914. The summed E-state index contributed by atoms with van der Waals surface area (Å²) in [5.74, 6) is 0.696. The Balaban J connectivity index is 1.62. The third-order valence-corrected chi connectivity index (χ3v) is 3.62. The Bertz CT molecular complexity index is 532. The molecular weight excluding hydrogens is 238 g/mol. The first-order valence-electron chi connectivity index (χ1n) is 6.99. The van der Waals surface area contributed by atoms with Crippen LogP contribution in [0.15, 0.2) is 30.6 Å². The molecule has 1 unspecified atom stereocenters. The third kappa shape index (κ3) is 3.01. The molecule has 1 aromatic carbocycles. The summed E-state index contributed by atoms with van der Waals surface area (Å²) in [6.07, 6.45) is 6.49. The van der Waals surface area contributed by atoms with Crippen molar-refractivity contribution in [2.45, 2.75) is 31.7 Å². The maximum atomic E-state index is 5.83. The Morgan fingerprint density at radius 1 is 1.21 bits per heavy atom. The molecule has 100 valence electrons. The van der Waals surface area contributed by atoms with Gasteiger partial charge in [0.1, 0.15) is 6.33 Å². The molecule has 2 heterocycles. The fraction of sp³-hybridized carbons (Fsp3) is 0.467. The smallest absolute Gasteiger partial charge is 0.224 e. The molecule has 4 heteroatoms. The molecule has 4 nitrogen and oxygen atoms in total. The van der Waals surface area contributed by atoms with E-state index in [-0.39, 0.29) is 0 Å². The summed E-state index contributed by atoms with van der Waals surface area (Å²) in [6, 6.07) is 8.55. The van der Waals surface area contributed by atoms with E-state index >= 15 is 0 Å². The number of rotatable bonds is 4. The standard InChI is InChI=1S/C15H19N3O/c1-2-7-14-13(6-1)15(18-11-17-14)19-10-8-12-5-3-4-9-16-12/h1-2,6-7,11-12,16H,3-5,8-10H2. The van der Waals surface area contributed by atoms with Crippen LogP contribution in [0.2, 0.25) is 0 Å². The number of piperidine rings is 1. The van der Waals surface area contributed by atoms with Gasteiger partial charge in [0.05, 0.1) is 17.5 Å². The van der Waals surface area contributed by atoms with Gasteiger partial charge in [-0.2, -0.15) is 0 Å². The summed E-state index contributed by atoms with van der Waals surface area (Å²) in [6.45, 7) is 1.85. The van der Waals surface area contributed by atoms with Crippen molar-refractivity contribution in [2.75, 3.05) is 13.2 Å². The predicted octanol–water partition coefficient (Wildman–Crippen LogP) is 2.54. The highest BCUT2D eigenvalue weighted by atomic mass is 16.5. The van der Waals surface area contributed by atoms with Crippen molar-refractivity contribution in [1.82, 2.24) is 15.3 Å². The lowest BCUT2D eigenvalue weighted by atomic mass is 10.0. The maximum absolute atomic E-state index is 5.83. The van der Waals surface area contributed by atoms with Crippen molar-refractivity contribution in [1.29, 1.82) is 0 Å². The Labute approximate surface area is 113 Å². The molecule has 1 N–H and O–H groups in total. The molecule has 1 aliphatic heterocycles. The van der Waals surface area contributed by atoms with Crippen LogP contribution in [-0.4, -0.2) is 29.2 Å². The van der Waals surface area contributed by atoms with Gasteiger partial charge in [0.2, 0.25) is 5.88 Å². The number of nitrogens with zero attached hydrogens (tertiary/aromatic N) is 2. The van der Waals surface area contributed by atoms with Gasteiger partial charge in [-0.1, -0.05) is 18.6 Å². The topological polar surface area (TPSA) is 47.0 Å². The summed E-state index contributed by atoms with van der Waals surface area (Å²) in [7, 11) is 0. The zero-order valence-corrected chi connectivity index (χ0v) is 11.0.